The van der Waals surface area contributed by atoms with Gasteiger partial charge in [0.25, 0.3) is 5.56 Å². The maximum Gasteiger partial charge on any atom is 0.264 e. The number of rotatable bonds is 7. The van der Waals surface area contributed by atoms with Crippen LogP contribution in [-0.2, 0) is 23.2 Å². The maximum atomic E-state index is 12.6. The Labute approximate surface area is 166 Å². The summed E-state index contributed by atoms with van der Waals surface area (Å²) in [6.45, 7) is 1.74. The summed E-state index contributed by atoms with van der Waals surface area (Å²) in [5, 5.41) is 7.07. The van der Waals surface area contributed by atoms with E-state index >= 15 is 0 Å². The van der Waals surface area contributed by atoms with Crippen LogP contribution in [0.5, 0.6) is 5.75 Å². The van der Waals surface area contributed by atoms with E-state index < -0.39 is 0 Å². The molecule has 152 valence electrons. The molecule has 10 heteroatoms. The summed E-state index contributed by atoms with van der Waals surface area (Å²) in [4.78, 5) is 43.1. The number of carbonyl (C=O) groups excluding carboxylic acids is 2. The van der Waals surface area contributed by atoms with Crippen LogP contribution in [0.4, 0.5) is 5.69 Å². The Balaban J connectivity index is 1.68. The molecule has 2 aromatic heterocycles. The summed E-state index contributed by atoms with van der Waals surface area (Å²) in [6, 6.07) is 6.94. The lowest BCUT2D eigenvalue weighted by molar-refractivity contribution is -0.135. The van der Waals surface area contributed by atoms with Gasteiger partial charge in [0.2, 0.25) is 11.8 Å². The van der Waals surface area contributed by atoms with Crippen LogP contribution >= 0.6 is 0 Å². The predicted molar refractivity (Wildman–Crippen MR) is 107 cm³/mol. The van der Waals surface area contributed by atoms with E-state index in [1.165, 1.54) is 33.8 Å². The van der Waals surface area contributed by atoms with E-state index in [-0.39, 0.29) is 30.5 Å². The van der Waals surface area contributed by atoms with Crippen LogP contribution in [0.2, 0.25) is 0 Å². The standard InChI is InChI=1S/C19H22N6O4/c1-4-24(10-16(26)22-13-6-5-7-14(8-13)29-3)17(27)11-25-12-20-18-15(19(25)28)9-21-23(18)2/h5-9,12H,4,10-11H2,1-3H3,(H,22,26). The number of methoxy groups -OCH3 is 1. The molecule has 1 aromatic carbocycles. The van der Waals surface area contributed by atoms with E-state index in [2.05, 4.69) is 15.4 Å². The van der Waals surface area contributed by atoms with Gasteiger partial charge in [-0.25, -0.2) is 4.98 Å². The second kappa shape index (κ2) is 8.55. The van der Waals surface area contributed by atoms with Crippen molar-refractivity contribution in [3.63, 3.8) is 0 Å². The Kier molecular flexibility index (Phi) is 5.91. The first kappa shape index (κ1) is 20.1. The van der Waals surface area contributed by atoms with Crippen molar-refractivity contribution in [2.24, 2.45) is 7.05 Å². The van der Waals surface area contributed by atoms with Gasteiger partial charge in [-0.3, -0.25) is 23.6 Å². The molecule has 3 rings (SSSR count). The van der Waals surface area contributed by atoms with Crippen LogP contribution in [0.25, 0.3) is 11.0 Å². The van der Waals surface area contributed by atoms with E-state index in [0.29, 0.717) is 29.0 Å². The monoisotopic (exact) mass is 398 g/mol. The van der Waals surface area contributed by atoms with Crippen LogP contribution in [0.15, 0.2) is 41.6 Å². The Morgan fingerprint density at radius 1 is 1.31 bits per heavy atom. The molecule has 0 aliphatic rings. The fourth-order valence-electron chi connectivity index (χ4n) is 2.88. The fourth-order valence-corrected chi connectivity index (χ4v) is 2.88. The van der Waals surface area contributed by atoms with Crippen LogP contribution in [0.1, 0.15) is 6.92 Å². The van der Waals surface area contributed by atoms with Crippen molar-refractivity contribution in [2.75, 3.05) is 25.5 Å². The molecule has 0 unspecified atom stereocenters. The smallest absolute Gasteiger partial charge is 0.264 e. The van der Waals surface area contributed by atoms with E-state index in [9.17, 15) is 14.4 Å². The fraction of sp³-hybridized carbons (Fsp3) is 0.316. The third-order valence-electron chi connectivity index (χ3n) is 4.45. The zero-order chi connectivity index (χ0) is 21.0. The highest BCUT2D eigenvalue weighted by molar-refractivity contribution is 5.94. The number of amides is 2. The van der Waals surface area contributed by atoms with Gasteiger partial charge in [-0.15, -0.1) is 0 Å². The van der Waals surface area contributed by atoms with Crippen molar-refractivity contribution < 1.29 is 14.3 Å². The lowest BCUT2D eigenvalue weighted by atomic mass is 10.3. The van der Waals surface area contributed by atoms with Crippen LogP contribution in [-0.4, -0.2) is 56.2 Å². The molecule has 0 radical (unpaired) electrons. The minimum absolute atomic E-state index is 0.135. The van der Waals surface area contributed by atoms with E-state index in [1.54, 1.807) is 38.2 Å². The molecule has 10 nitrogen and oxygen atoms in total. The third kappa shape index (κ3) is 4.42. The zero-order valence-corrected chi connectivity index (χ0v) is 16.5. The lowest BCUT2D eigenvalue weighted by Gasteiger charge is -2.21. The SMILES string of the molecule is CCN(CC(=O)Nc1cccc(OC)c1)C(=O)Cn1cnc2c(cnn2C)c1=O. The van der Waals surface area contributed by atoms with Gasteiger partial charge in [0.15, 0.2) is 5.65 Å². The molecular weight excluding hydrogens is 376 g/mol. The van der Waals surface area contributed by atoms with Crippen LogP contribution < -0.4 is 15.6 Å². The average molecular weight is 398 g/mol. The number of ether oxygens (including phenoxy) is 1. The lowest BCUT2D eigenvalue weighted by Crippen LogP contribution is -2.41. The van der Waals surface area contributed by atoms with Gasteiger partial charge < -0.3 is 15.0 Å². The Hall–Kier alpha value is -3.69. The molecule has 0 fully saturated rings. The predicted octanol–water partition coefficient (Wildman–Crippen LogP) is 0.626. The number of anilines is 1. The number of benzene rings is 1. The second-order valence-electron chi connectivity index (χ2n) is 6.37. The van der Waals surface area contributed by atoms with Crippen molar-refractivity contribution in [3.8, 4) is 5.75 Å². The molecule has 2 heterocycles. The van der Waals surface area contributed by atoms with Gasteiger partial charge in [0.1, 0.15) is 24.0 Å². The number of hydrogen-bond donors (Lipinski definition) is 1. The Morgan fingerprint density at radius 3 is 2.83 bits per heavy atom. The topological polar surface area (TPSA) is 111 Å². The van der Waals surface area contributed by atoms with Crippen molar-refractivity contribution in [1.29, 1.82) is 0 Å². The summed E-state index contributed by atoms with van der Waals surface area (Å²) in [5.41, 5.74) is 0.664. The minimum atomic E-state index is -0.361. The molecule has 0 spiro atoms. The Bertz CT molecular complexity index is 1100. The van der Waals surface area contributed by atoms with Crippen molar-refractivity contribution >= 4 is 28.5 Å². The van der Waals surface area contributed by atoms with Gasteiger partial charge in [-0.2, -0.15) is 5.10 Å². The summed E-state index contributed by atoms with van der Waals surface area (Å²) < 4.78 is 7.83. The number of aryl methyl sites for hydroxylation is 1. The highest BCUT2D eigenvalue weighted by atomic mass is 16.5. The molecule has 29 heavy (non-hydrogen) atoms. The first-order valence-corrected chi connectivity index (χ1v) is 9.01. The molecular formula is C19H22N6O4. The zero-order valence-electron chi connectivity index (χ0n) is 16.5. The second-order valence-corrected chi connectivity index (χ2v) is 6.37. The van der Waals surface area contributed by atoms with Gasteiger partial charge in [0.05, 0.1) is 19.9 Å². The number of fused-ring (bicyclic) bond motifs is 1. The molecule has 0 saturated heterocycles. The molecule has 0 atom stereocenters. The number of likely N-dealkylation sites (N-methyl/N-ethyl adjacent to an activating group) is 1. The Morgan fingerprint density at radius 2 is 2.10 bits per heavy atom. The number of carbonyl (C=O) groups is 2. The third-order valence-corrected chi connectivity index (χ3v) is 4.45. The highest BCUT2D eigenvalue weighted by Gasteiger charge is 2.18. The first-order valence-electron chi connectivity index (χ1n) is 9.01. The van der Waals surface area contributed by atoms with Gasteiger partial charge >= 0.3 is 0 Å². The molecule has 1 N–H and O–H groups in total. The number of nitrogens with zero attached hydrogens (tertiary/aromatic N) is 5. The summed E-state index contributed by atoms with van der Waals surface area (Å²) in [5.74, 6) is -0.0917. The molecule has 0 aliphatic carbocycles. The normalized spacial score (nSPS) is 10.7. The number of nitrogens with one attached hydrogen (secondary N) is 1. The van der Waals surface area contributed by atoms with Crippen LogP contribution in [0.3, 0.4) is 0 Å². The largest absolute Gasteiger partial charge is 0.497 e. The van der Waals surface area contributed by atoms with Gasteiger partial charge in [0, 0.05) is 25.3 Å². The molecule has 0 saturated carbocycles. The summed E-state index contributed by atoms with van der Waals surface area (Å²) in [7, 11) is 3.22. The summed E-state index contributed by atoms with van der Waals surface area (Å²) in [6.07, 6.45) is 2.74. The summed E-state index contributed by atoms with van der Waals surface area (Å²) >= 11 is 0. The highest BCUT2D eigenvalue weighted by Crippen LogP contribution is 2.16. The van der Waals surface area contributed by atoms with Gasteiger partial charge in [-0.05, 0) is 19.1 Å². The van der Waals surface area contributed by atoms with E-state index in [1.807, 2.05) is 0 Å². The van der Waals surface area contributed by atoms with E-state index in [4.69, 9.17) is 4.74 Å². The van der Waals surface area contributed by atoms with Gasteiger partial charge in [-0.1, -0.05) is 6.07 Å². The van der Waals surface area contributed by atoms with Crippen molar-refractivity contribution in [1.82, 2.24) is 24.2 Å². The van der Waals surface area contributed by atoms with Crippen molar-refractivity contribution in [3.05, 3.63) is 47.1 Å². The molecule has 0 aliphatic heterocycles. The number of aromatic nitrogens is 4. The molecule has 2 amide bonds. The van der Waals surface area contributed by atoms with Crippen molar-refractivity contribution in [2.45, 2.75) is 13.5 Å². The molecule has 3 aromatic rings. The first-order chi connectivity index (χ1) is 13.9. The quantitative estimate of drug-likeness (QED) is 0.625. The van der Waals surface area contributed by atoms with E-state index in [0.717, 1.165) is 0 Å². The maximum absolute atomic E-state index is 12.6. The van der Waals surface area contributed by atoms with Crippen LogP contribution in [0, 0.1) is 0 Å². The minimum Gasteiger partial charge on any atom is -0.497 e. The molecule has 0 bridgehead atoms. The average Bonchev–Trinajstić information content (AvgIpc) is 3.09. The number of hydrogen-bond acceptors (Lipinski definition) is 6.